The zero-order chi connectivity index (χ0) is 11.6. The highest BCUT2D eigenvalue weighted by atomic mass is 79.9. The van der Waals surface area contributed by atoms with Gasteiger partial charge in [0.2, 0.25) is 10.0 Å². The molecule has 1 aromatic rings. The van der Waals surface area contributed by atoms with Crippen LogP contribution in [-0.4, -0.2) is 20.5 Å². The highest BCUT2D eigenvalue weighted by molar-refractivity contribution is 9.10. The Labute approximate surface area is 96.9 Å². The van der Waals surface area contributed by atoms with E-state index in [0.29, 0.717) is 15.7 Å². The molecule has 0 aliphatic rings. The molecule has 1 aromatic carbocycles. The lowest BCUT2D eigenvalue weighted by molar-refractivity contribution is 0.101. The summed E-state index contributed by atoms with van der Waals surface area (Å²) in [6.45, 7) is 1.42. The molecule has 0 aliphatic carbocycles. The molecule has 0 saturated heterocycles. The van der Waals surface area contributed by atoms with Gasteiger partial charge < -0.3 is 0 Å². The summed E-state index contributed by atoms with van der Waals surface area (Å²) >= 11 is 3.19. The minimum absolute atomic E-state index is 0.112. The van der Waals surface area contributed by atoms with Crippen LogP contribution in [0.2, 0.25) is 0 Å². The molecule has 0 heterocycles. The van der Waals surface area contributed by atoms with Crippen molar-refractivity contribution in [2.24, 2.45) is 0 Å². The van der Waals surface area contributed by atoms with Gasteiger partial charge in [-0.25, -0.2) is 8.42 Å². The maximum absolute atomic E-state index is 11.1. The van der Waals surface area contributed by atoms with Gasteiger partial charge in [-0.15, -0.1) is 0 Å². The van der Waals surface area contributed by atoms with Gasteiger partial charge in [0.05, 0.1) is 11.9 Å². The van der Waals surface area contributed by atoms with E-state index in [4.69, 9.17) is 0 Å². The molecule has 0 aromatic heterocycles. The molecule has 0 spiro atoms. The lowest BCUT2D eigenvalue weighted by atomic mass is 10.1. The van der Waals surface area contributed by atoms with Crippen LogP contribution in [0.1, 0.15) is 17.3 Å². The van der Waals surface area contributed by atoms with Gasteiger partial charge in [0.25, 0.3) is 0 Å². The minimum atomic E-state index is -3.33. The summed E-state index contributed by atoms with van der Waals surface area (Å²) in [5.74, 6) is -0.112. The number of sulfonamides is 1. The van der Waals surface area contributed by atoms with E-state index in [0.717, 1.165) is 6.26 Å². The van der Waals surface area contributed by atoms with Crippen molar-refractivity contribution in [3.05, 3.63) is 28.2 Å². The number of hydrogen-bond donors (Lipinski definition) is 1. The molecule has 1 N–H and O–H groups in total. The zero-order valence-electron chi connectivity index (χ0n) is 8.24. The summed E-state index contributed by atoms with van der Waals surface area (Å²) in [6, 6.07) is 4.75. The predicted molar refractivity (Wildman–Crippen MR) is 62.6 cm³/mol. The molecule has 0 saturated carbocycles. The SMILES string of the molecule is CC(=O)c1ccc(Br)c(NS(C)(=O)=O)c1. The Hall–Kier alpha value is -0.880. The second-order valence-electron chi connectivity index (χ2n) is 3.13. The summed E-state index contributed by atoms with van der Waals surface area (Å²) in [6.07, 6.45) is 1.06. The van der Waals surface area contributed by atoms with Crippen molar-refractivity contribution < 1.29 is 13.2 Å². The molecular formula is C9H10BrNO3S. The molecule has 0 amide bonds. The Bertz CT molecular complexity index is 496. The van der Waals surface area contributed by atoms with Gasteiger partial charge in [-0.1, -0.05) is 6.07 Å². The van der Waals surface area contributed by atoms with Crippen LogP contribution in [0, 0.1) is 0 Å². The normalized spacial score (nSPS) is 11.1. The Morgan fingerprint density at radius 1 is 1.40 bits per heavy atom. The molecule has 82 valence electrons. The number of halogens is 1. The van der Waals surface area contributed by atoms with Crippen LogP contribution in [-0.2, 0) is 10.0 Å². The largest absolute Gasteiger partial charge is 0.295 e. The van der Waals surface area contributed by atoms with Gasteiger partial charge in [0.1, 0.15) is 0 Å². The van der Waals surface area contributed by atoms with Crippen LogP contribution in [0.5, 0.6) is 0 Å². The smallest absolute Gasteiger partial charge is 0.229 e. The number of carbonyl (C=O) groups is 1. The van der Waals surface area contributed by atoms with Crippen LogP contribution in [0.25, 0.3) is 0 Å². The molecule has 0 unspecified atom stereocenters. The number of Topliss-reactive ketones (excluding diaryl/α,β-unsaturated/α-hetero) is 1. The summed E-state index contributed by atoms with van der Waals surface area (Å²) in [4.78, 5) is 11.1. The van der Waals surface area contributed by atoms with E-state index >= 15 is 0 Å². The fraction of sp³-hybridized carbons (Fsp3) is 0.222. The van der Waals surface area contributed by atoms with E-state index in [1.54, 1.807) is 12.1 Å². The van der Waals surface area contributed by atoms with Crippen molar-refractivity contribution in [2.45, 2.75) is 6.92 Å². The molecule has 1 rings (SSSR count). The summed E-state index contributed by atoms with van der Waals surface area (Å²) in [5.41, 5.74) is 0.828. The number of hydrogen-bond acceptors (Lipinski definition) is 3. The van der Waals surface area contributed by atoms with E-state index in [1.165, 1.54) is 13.0 Å². The Morgan fingerprint density at radius 2 is 2.00 bits per heavy atom. The highest BCUT2D eigenvalue weighted by Crippen LogP contribution is 2.24. The second-order valence-corrected chi connectivity index (χ2v) is 5.73. The van der Waals surface area contributed by atoms with Crippen LogP contribution in [0.4, 0.5) is 5.69 Å². The number of rotatable bonds is 3. The summed E-state index contributed by atoms with van der Waals surface area (Å²) < 4.78 is 24.9. The van der Waals surface area contributed by atoms with Gasteiger partial charge in [0.15, 0.2) is 5.78 Å². The molecule has 6 heteroatoms. The van der Waals surface area contributed by atoms with Crippen molar-refractivity contribution in [1.82, 2.24) is 0 Å². The molecule has 15 heavy (non-hydrogen) atoms. The summed E-state index contributed by atoms with van der Waals surface area (Å²) in [7, 11) is -3.33. The Balaban J connectivity index is 3.17. The van der Waals surface area contributed by atoms with E-state index in [2.05, 4.69) is 20.7 Å². The fourth-order valence-electron chi connectivity index (χ4n) is 1.02. The number of benzene rings is 1. The quantitative estimate of drug-likeness (QED) is 0.867. The van der Waals surface area contributed by atoms with Crippen LogP contribution >= 0.6 is 15.9 Å². The molecule has 0 radical (unpaired) electrons. The number of nitrogens with one attached hydrogen (secondary N) is 1. The van der Waals surface area contributed by atoms with Gasteiger partial charge in [-0.05, 0) is 35.0 Å². The molecule has 0 bridgehead atoms. The van der Waals surface area contributed by atoms with Crippen molar-refractivity contribution in [1.29, 1.82) is 0 Å². The van der Waals surface area contributed by atoms with E-state index in [9.17, 15) is 13.2 Å². The van der Waals surface area contributed by atoms with E-state index in [1.807, 2.05) is 0 Å². The zero-order valence-corrected chi connectivity index (χ0v) is 10.6. The third-order valence-corrected chi connectivity index (χ3v) is 2.95. The van der Waals surface area contributed by atoms with Crippen LogP contribution in [0.15, 0.2) is 22.7 Å². The molecule has 0 aliphatic heterocycles. The van der Waals surface area contributed by atoms with E-state index < -0.39 is 10.0 Å². The Morgan fingerprint density at radius 3 is 2.47 bits per heavy atom. The van der Waals surface area contributed by atoms with Crippen molar-refractivity contribution in [2.75, 3.05) is 11.0 Å². The summed E-state index contributed by atoms with van der Waals surface area (Å²) in [5, 5.41) is 0. The fourth-order valence-corrected chi connectivity index (χ4v) is 2.07. The first-order valence-electron chi connectivity index (χ1n) is 4.08. The monoisotopic (exact) mass is 291 g/mol. The average Bonchev–Trinajstić information content (AvgIpc) is 2.06. The molecule has 0 fully saturated rings. The average molecular weight is 292 g/mol. The lowest BCUT2D eigenvalue weighted by Gasteiger charge is -2.07. The van der Waals surface area contributed by atoms with Gasteiger partial charge in [-0.3, -0.25) is 9.52 Å². The third-order valence-electron chi connectivity index (χ3n) is 1.67. The van der Waals surface area contributed by atoms with Crippen LogP contribution in [0.3, 0.4) is 0 Å². The minimum Gasteiger partial charge on any atom is -0.295 e. The third kappa shape index (κ3) is 3.64. The number of ketones is 1. The molecule has 0 atom stereocenters. The topological polar surface area (TPSA) is 63.2 Å². The van der Waals surface area contributed by atoms with Crippen LogP contribution < -0.4 is 4.72 Å². The predicted octanol–water partition coefficient (Wildman–Crippen LogP) is 2.02. The second kappa shape index (κ2) is 4.32. The number of anilines is 1. The maximum Gasteiger partial charge on any atom is 0.229 e. The van der Waals surface area contributed by atoms with Crippen molar-refractivity contribution >= 4 is 37.4 Å². The van der Waals surface area contributed by atoms with E-state index in [-0.39, 0.29) is 5.78 Å². The number of carbonyl (C=O) groups excluding carboxylic acids is 1. The highest BCUT2D eigenvalue weighted by Gasteiger charge is 2.08. The first-order chi connectivity index (χ1) is 6.79. The van der Waals surface area contributed by atoms with Gasteiger partial charge in [0, 0.05) is 10.0 Å². The standard InChI is InChI=1S/C9H10BrNO3S/c1-6(12)7-3-4-8(10)9(5-7)11-15(2,13)14/h3-5,11H,1-2H3. The van der Waals surface area contributed by atoms with Gasteiger partial charge >= 0.3 is 0 Å². The van der Waals surface area contributed by atoms with Crippen molar-refractivity contribution in [3.63, 3.8) is 0 Å². The first kappa shape index (κ1) is 12.2. The molecule has 4 nitrogen and oxygen atoms in total. The Kier molecular flexibility index (Phi) is 3.51. The maximum atomic E-state index is 11.1. The molecular weight excluding hydrogens is 282 g/mol. The van der Waals surface area contributed by atoms with Crippen molar-refractivity contribution in [3.8, 4) is 0 Å². The lowest BCUT2D eigenvalue weighted by Crippen LogP contribution is -2.10. The van der Waals surface area contributed by atoms with Gasteiger partial charge in [-0.2, -0.15) is 0 Å². The first-order valence-corrected chi connectivity index (χ1v) is 6.76.